The smallest absolute Gasteiger partial charge is 0.341 e. The second-order valence-electron chi connectivity index (χ2n) is 5.30. The van der Waals surface area contributed by atoms with Gasteiger partial charge in [-0.25, -0.2) is 9.18 Å². The minimum absolute atomic E-state index is 0.0728. The van der Waals surface area contributed by atoms with E-state index in [0.29, 0.717) is 11.3 Å². The largest absolute Gasteiger partial charge is 0.460 e. The number of aryl methyl sites for hydroxylation is 1. The van der Waals surface area contributed by atoms with Crippen LogP contribution in [0.2, 0.25) is 0 Å². The Labute approximate surface area is 112 Å². The molecule has 106 valence electrons. The third-order valence-corrected chi connectivity index (χ3v) is 2.35. The molecule has 0 fully saturated rings. The Bertz CT molecular complexity index is 466. The average molecular weight is 269 g/mol. The van der Waals surface area contributed by atoms with Crippen LogP contribution in [0.1, 0.15) is 36.7 Å². The molecule has 19 heavy (non-hydrogen) atoms. The van der Waals surface area contributed by atoms with Gasteiger partial charge in [0.05, 0.1) is 17.8 Å². The molecule has 0 saturated carbocycles. The molecule has 0 aliphatic rings. The molecule has 4 nitrogen and oxygen atoms in total. The lowest BCUT2D eigenvalue weighted by Gasteiger charge is -2.19. The van der Waals surface area contributed by atoms with Gasteiger partial charge in [0, 0.05) is 5.69 Å². The summed E-state index contributed by atoms with van der Waals surface area (Å²) in [5.41, 5.74) is 5.78. The lowest BCUT2D eigenvalue weighted by Crippen LogP contribution is -2.23. The Morgan fingerprint density at radius 1 is 1.32 bits per heavy atom. The van der Waals surface area contributed by atoms with Gasteiger partial charge in [0.25, 0.3) is 0 Å². The first-order valence-corrected chi connectivity index (χ1v) is 6.07. The maximum Gasteiger partial charge on any atom is 0.341 e. The van der Waals surface area contributed by atoms with Crippen LogP contribution in [-0.2, 0) is 9.47 Å². The number of carbonyl (C=O) groups excluding carboxylic acids is 1. The molecule has 1 rings (SSSR count). The monoisotopic (exact) mass is 269 g/mol. The number of halogens is 1. The summed E-state index contributed by atoms with van der Waals surface area (Å²) in [6.07, 6.45) is 0. The highest BCUT2D eigenvalue weighted by Gasteiger charge is 2.16. The second-order valence-corrected chi connectivity index (χ2v) is 5.30. The number of anilines is 1. The van der Waals surface area contributed by atoms with Crippen molar-refractivity contribution in [2.75, 3.05) is 18.9 Å². The molecular formula is C14H20FNO3. The van der Waals surface area contributed by atoms with Crippen LogP contribution in [0.3, 0.4) is 0 Å². The van der Waals surface area contributed by atoms with Crippen molar-refractivity contribution < 1.29 is 18.7 Å². The van der Waals surface area contributed by atoms with Gasteiger partial charge >= 0.3 is 5.97 Å². The van der Waals surface area contributed by atoms with Gasteiger partial charge < -0.3 is 15.2 Å². The number of nitrogen functional groups attached to an aromatic ring is 1. The van der Waals surface area contributed by atoms with Gasteiger partial charge in [-0.15, -0.1) is 0 Å². The van der Waals surface area contributed by atoms with Gasteiger partial charge in [0.1, 0.15) is 12.4 Å². The molecule has 0 saturated heterocycles. The maximum atomic E-state index is 13.7. The number of nitrogens with two attached hydrogens (primary N) is 1. The third-order valence-electron chi connectivity index (χ3n) is 2.35. The predicted octanol–water partition coefficient (Wildman–Crippen LogP) is 2.69. The van der Waals surface area contributed by atoms with E-state index in [4.69, 9.17) is 15.2 Å². The zero-order chi connectivity index (χ0) is 14.6. The van der Waals surface area contributed by atoms with Crippen molar-refractivity contribution in [1.82, 2.24) is 0 Å². The molecule has 1 aromatic rings. The zero-order valence-corrected chi connectivity index (χ0v) is 11.7. The molecule has 5 heteroatoms. The molecule has 0 aromatic heterocycles. The summed E-state index contributed by atoms with van der Waals surface area (Å²) in [6.45, 7) is 7.58. The molecule has 0 radical (unpaired) electrons. The average Bonchev–Trinajstić information content (AvgIpc) is 2.27. The summed E-state index contributed by atoms with van der Waals surface area (Å²) < 4.78 is 24.1. The maximum absolute atomic E-state index is 13.7. The number of rotatable bonds is 4. The van der Waals surface area contributed by atoms with Crippen LogP contribution in [0.4, 0.5) is 10.1 Å². The number of benzene rings is 1. The predicted molar refractivity (Wildman–Crippen MR) is 71.5 cm³/mol. The van der Waals surface area contributed by atoms with Crippen molar-refractivity contribution in [3.05, 3.63) is 29.1 Å². The van der Waals surface area contributed by atoms with Gasteiger partial charge in [-0.3, -0.25) is 0 Å². The molecule has 0 heterocycles. The van der Waals surface area contributed by atoms with Crippen LogP contribution in [0, 0.1) is 12.7 Å². The van der Waals surface area contributed by atoms with Crippen LogP contribution in [0.15, 0.2) is 12.1 Å². The highest BCUT2D eigenvalue weighted by atomic mass is 19.1. The Hall–Kier alpha value is -1.62. The van der Waals surface area contributed by atoms with Crippen molar-refractivity contribution in [1.29, 1.82) is 0 Å². The van der Waals surface area contributed by atoms with E-state index in [1.54, 1.807) is 6.92 Å². The van der Waals surface area contributed by atoms with Crippen LogP contribution in [0.25, 0.3) is 0 Å². The van der Waals surface area contributed by atoms with Crippen molar-refractivity contribution in [3.63, 3.8) is 0 Å². The van der Waals surface area contributed by atoms with E-state index >= 15 is 0 Å². The molecule has 0 bridgehead atoms. The minimum Gasteiger partial charge on any atom is -0.460 e. The highest BCUT2D eigenvalue weighted by Crippen LogP contribution is 2.18. The van der Waals surface area contributed by atoms with Crippen molar-refractivity contribution in [2.24, 2.45) is 0 Å². The first kappa shape index (κ1) is 15.4. The zero-order valence-electron chi connectivity index (χ0n) is 11.7. The number of hydrogen-bond donors (Lipinski definition) is 1. The molecule has 0 unspecified atom stereocenters. The van der Waals surface area contributed by atoms with E-state index < -0.39 is 11.8 Å². The van der Waals surface area contributed by atoms with Gasteiger partial charge in [-0.2, -0.15) is 0 Å². The molecule has 0 atom stereocenters. The fourth-order valence-corrected chi connectivity index (χ4v) is 1.51. The molecular weight excluding hydrogens is 249 g/mol. The van der Waals surface area contributed by atoms with Gasteiger partial charge in [0.2, 0.25) is 0 Å². The molecule has 1 aromatic carbocycles. The number of carbonyl (C=O) groups is 1. The molecule has 0 amide bonds. The minimum atomic E-state index is -0.731. The normalized spacial score (nSPS) is 11.4. The Morgan fingerprint density at radius 2 is 1.95 bits per heavy atom. The summed E-state index contributed by atoms with van der Waals surface area (Å²) in [5.74, 6) is -1.33. The summed E-state index contributed by atoms with van der Waals surface area (Å²) in [6, 6.07) is 2.74. The van der Waals surface area contributed by atoms with Crippen LogP contribution in [0.5, 0.6) is 0 Å². The molecule has 0 aliphatic carbocycles. The van der Waals surface area contributed by atoms with Crippen molar-refractivity contribution in [3.8, 4) is 0 Å². The Balaban J connectivity index is 2.60. The van der Waals surface area contributed by atoms with Crippen molar-refractivity contribution >= 4 is 11.7 Å². The first-order valence-electron chi connectivity index (χ1n) is 6.07. The fourth-order valence-electron chi connectivity index (χ4n) is 1.51. The molecule has 0 spiro atoms. The van der Waals surface area contributed by atoms with E-state index in [1.807, 2.05) is 20.8 Å². The van der Waals surface area contributed by atoms with E-state index in [0.717, 1.165) is 0 Å². The van der Waals surface area contributed by atoms with Crippen LogP contribution in [-0.4, -0.2) is 24.8 Å². The number of ether oxygens (including phenoxy) is 2. The first-order chi connectivity index (χ1) is 8.70. The Kier molecular flexibility index (Phi) is 4.89. The second kappa shape index (κ2) is 6.02. The number of hydrogen-bond acceptors (Lipinski definition) is 4. The highest BCUT2D eigenvalue weighted by molar-refractivity contribution is 5.91. The SMILES string of the molecule is Cc1cc(N)cc(C(=O)OCCOC(C)(C)C)c1F. The summed E-state index contributed by atoms with van der Waals surface area (Å²) in [7, 11) is 0. The third kappa shape index (κ3) is 4.87. The van der Waals surface area contributed by atoms with Gasteiger partial charge in [-0.1, -0.05) is 0 Å². The quantitative estimate of drug-likeness (QED) is 0.518. The topological polar surface area (TPSA) is 61.6 Å². The van der Waals surface area contributed by atoms with E-state index in [2.05, 4.69) is 0 Å². The lowest BCUT2D eigenvalue weighted by atomic mass is 10.1. The lowest BCUT2D eigenvalue weighted by molar-refractivity contribution is -0.0282. The summed E-state index contributed by atoms with van der Waals surface area (Å²) in [4.78, 5) is 11.7. The van der Waals surface area contributed by atoms with E-state index in [-0.39, 0.29) is 24.4 Å². The summed E-state index contributed by atoms with van der Waals surface area (Å²) >= 11 is 0. The fraction of sp³-hybridized carbons (Fsp3) is 0.500. The van der Waals surface area contributed by atoms with Gasteiger partial charge in [0.15, 0.2) is 0 Å². The standard InChI is InChI=1S/C14H20FNO3/c1-9-7-10(16)8-11(12(9)15)13(17)18-5-6-19-14(2,3)4/h7-8H,5-6,16H2,1-4H3. The van der Waals surface area contributed by atoms with E-state index in [9.17, 15) is 9.18 Å². The van der Waals surface area contributed by atoms with Crippen molar-refractivity contribution in [2.45, 2.75) is 33.3 Å². The summed E-state index contributed by atoms with van der Waals surface area (Å²) in [5, 5.41) is 0. The van der Waals surface area contributed by atoms with Crippen LogP contribution < -0.4 is 5.73 Å². The van der Waals surface area contributed by atoms with E-state index in [1.165, 1.54) is 12.1 Å². The van der Waals surface area contributed by atoms with Gasteiger partial charge in [-0.05, 0) is 45.4 Å². The van der Waals surface area contributed by atoms with Crippen LogP contribution >= 0.6 is 0 Å². The Morgan fingerprint density at radius 3 is 2.53 bits per heavy atom. The number of esters is 1. The molecule has 0 aliphatic heterocycles. The molecule has 2 N–H and O–H groups in total.